The van der Waals surface area contributed by atoms with Crippen molar-refractivity contribution in [3.63, 3.8) is 0 Å². The van der Waals surface area contributed by atoms with Crippen molar-refractivity contribution in [2.75, 3.05) is 65.8 Å². The summed E-state index contributed by atoms with van der Waals surface area (Å²) in [6.07, 6.45) is 1.56. The molecule has 1 atom stereocenters. The van der Waals surface area contributed by atoms with E-state index >= 15 is 0 Å². The molecule has 3 aliphatic heterocycles. The number of aliphatic hydroxyl groups excluding tert-OH is 1. The van der Waals surface area contributed by atoms with Gasteiger partial charge in [-0.25, -0.2) is 0 Å². The molecule has 1 unspecified atom stereocenters. The van der Waals surface area contributed by atoms with Gasteiger partial charge in [0.25, 0.3) is 11.7 Å². The van der Waals surface area contributed by atoms with Crippen molar-refractivity contribution in [3.8, 4) is 23.0 Å². The van der Waals surface area contributed by atoms with Gasteiger partial charge in [-0.05, 0) is 61.6 Å². The molecule has 1 N–H and O–H groups in total. The Labute approximate surface area is 253 Å². The van der Waals surface area contributed by atoms with Crippen molar-refractivity contribution in [3.05, 3.63) is 53.1 Å². The Bertz CT molecular complexity index is 1330. The number of ether oxygens (including phenoxy) is 5. The summed E-state index contributed by atoms with van der Waals surface area (Å²) in [5.41, 5.74) is 1.06. The van der Waals surface area contributed by atoms with E-state index in [1.54, 1.807) is 23.1 Å². The summed E-state index contributed by atoms with van der Waals surface area (Å²) in [5, 5.41) is 11.6. The zero-order valence-corrected chi connectivity index (χ0v) is 25.3. The molecule has 1 amide bonds. The molecule has 2 fully saturated rings. The Morgan fingerprint density at radius 3 is 2.47 bits per heavy atom. The third kappa shape index (κ3) is 7.08. The number of nitrogens with zero attached hydrogens (tertiary/aromatic N) is 2. The van der Waals surface area contributed by atoms with Crippen molar-refractivity contribution in [1.29, 1.82) is 0 Å². The average molecular weight is 595 g/mol. The van der Waals surface area contributed by atoms with Crippen molar-refractivity contribution >= 4 is 17.4 Å². The fraction of sp³-hybridized carbons (Fsp3) is 0.515. The molecule has 0 aromatic heterocycles. The Kier molecular flexibility index (Phi) is 10.1. The molecule has 3 heterocycles. The van der Waals surface area contributed by atoms with Crippen LogP contribution in [0.1, 0.15) is 50.8 Å². The van der Waals surface area contributed by atoms with Crippen LogP contribution >= 0.6 is 0 Å². The van der Waals surface area contributed by atoms with E-state index in [2.05, 4.69) is 18.7 Å². The van der Waals surface area contributed by atoms with Crippen LogP contribution in [0, 0.1) is 5.92 Å². The molecule has 0 aliphatic carbocycles. The van der Waals surface area contributed by atoms with Gasteiger partial charge in [0.15, 0.2) is 23.0 Å². The number of ketones is 1. The quantitative estimate of drug-likeness (QED) is 0.217. The molecule has 5 rings (SSSR count). The van der Waals surface area contributed by atoms with Crippen LogP contribution in [0.25, 0.3) is 5.76 Å². The standard InChI is InChI=1S/C33H42N2O8/c1-4-40-27-20-23(6-8-25(27)41-15-10-22(2)3)30-29(31(36)24-7-9-26-28(21-24)43-19-18-42-26)32(37)33(38)35(30)12-5-11-34-13-16-39-17-14-34/h6-9,20-22,30,36H,4-5,10-19H2,1-3H3. The maximum atomic E-state index is 13.6. The molecule has 232 valence electrons. The van der Waals surface area contributed by atoms with Crippen molar-refractivity contribution < 1.29 is 38.4 Å². The molecule has 0 saturated carbocycles. The van der Waals surface area contributed by atoms with Crippen LogP contribution in [0.15, 0.2) is 42.0 Å². The second kappa shape index (κ2) is 14.1. The summed E-state index contributed by atoms with van der Waals surface area (Å²) in [5.74, 6) is 1.05. The lowest BCUT2D eigenvalue weighted by Gasteiger charge is -2.29. The summed E-state index contributed by atoms with van der Waals surface area (Å²) in [6, 6.07) is 9.69. The van der Waals surface area contributed by atoms with Crippen LogP contribution in [0.2, 0.25) is 0 Å². The second-order valence-electron chi connectivity index (χ2n) is 11.3. The predicted molar refractivity (Wildman–Crippen MR) is 161 cm³/mol. The Hall–Kier alpha value is -3.76. The maximum absolute atomic E-state index is 13.6. The molecule has 2 aromatic carbocycles. The zero-order chi connectivity index (χ0) is 30.3. The maximum Gasteiger partial charge on any atom is 0.295 e. The SMILES string of the molecule is CCOc1cc(C2C(=C(O)c3ccc4c(c3)OCCO4)C(=O)C(=O)N2CCCN2CCOCC2)ccc1OCCC(C)C. The fourth-order valence-corrected chi connectivity index (χ4v) is 5.58. The van der Waals surface area contributed by atoms with Gasteiger partial charge in [0.05, 0.1) is 38.0 Å². The Morgan fingerprint density at radius 1 is 0.953 bits per heavy atom. The minimum absolute atomic E-state index is 0.0315. The summed E-state index contributed by atoms with van der Waals surface area (Å²) in [4.78, 5) is 31.0. The summed E-state index contributed by atoms with van der Waals surface area (Å²) < 4.78 is 28.8. The normalized spacial score (nSPS) is 20.1. The molecule has 10 heteroatoms. The first-order valence-corrected chi connectivity index (χ1v) is 15.3. The number of fused-ring (bicyclic) bond motifs is 1. The van der Waals surface area contributed by atoms with E-state index < -0.39 is 17.7 Å². The van der Waals surface area contributed by atoms with Gasteiger partial charge in [0.2, 0.25) is 0 Å². The number of Topliss-reactive ketones (excluding diaryl/α,β-unsaturated/α-hetero) is 1. The van der Waals surface area contributed by atoms with Crippen LogP contribution in [0.4, 0.5) is 0 Å². The molecule has 3 aliphatic rings. The van der Waals surface area contributed by atoms with E-state index in [0.29, 0.717) is 92.6 Å². The largest absolute Gasteiger partial charge is 0.507 e. The molecule has 10 nitrogen and oxygen atoms in total. The highest BCUT2D eigenvalue weighted by Gasteiger charge is 2.46. The zero-order valence-electron chi connectivity index (χ0n) is 25.3. The van der Waals surface area contributed by atoms with Gasteiger partial charge in [-0.3, -0.25) is 14.5 Å². The molecule has 0 spiro atoms. The minimum atomic E-state index is -0.804. The first-order valence-electron chi connectivity index (χ1n) is 15.3. The monoisotopic (exact) mass is 594 g/mol. The third-order valence-electron chi connectivity index (χ3n) is 7.87. The van der Waals surface area contributed by atoms with E-state index in [0.717, 1.165) is 26.1 Å². The Morgan fingerprint density at radius 2 is 1.72 bits per heavy atom. The summed E-state index contributed by atoms with van der Waals surface area (Å²) in [7, 11) is 0. The van der Waals surface area contributed by atoms with E-state index in [1.807, 2.05) is 25.1 Å². The van der Waals surface area contributed by atoms with Gasteiger partial charge >= 0.3 is 0 Å². The first-order chi connectivity index (χ1) is 20.9. The average Bonchev–Trinajstić information content (AvgIpc) is 3.26. The number of amides is 1. The summed E-state index contributed by atoms with van der Waals surface area (Å²) >= 11 is 0. The van der Waals surface area contributed by atoms with Gasteiger partial charge < -0.3 is 33.7 Å². The van der Waals surface area contributed by atoms with Crippen LogP contribution in [0.3, 0.4) is 0 Å². The molecule has 0 bridgehead atoms. The van der Waals surface area contributed by atoms with Gasteiger partial charge in [0, 0.05) is 31.7 Å². The number of benzene rings is 2. The fourth-order valence-electron chi connectivity index (χ4n) is 5.58. The molecule has 0 radical (unpaired) electrons. The van der Waals surface area contributed by atoms with Gasteiger partial charge in [-0.1, -0.05) is 19.9 Å². The second-order valence-corrected chi connectivity index (χ2v) is 11.3. The van der Waals surface area contributed by atoms with E-state index in [4.69, 9.17) is 23.7 Å². The lowest BCUT2D eigenvalue weighted by molar-refractivity contribution is -0.140. The lowest BCUT2D eigenvalue weighted by atomic mass is 9.94. The number of morpholine rings is 1. The number of hydrogen-bond donors (Lipinski definition) is 1. The lowest BCUT2D eigenvalue weighted by Crippen LogP contribution is -2.39. The van der Waals surface area contributed by atoms with Gasteiger partial charge in [0.1, 0.15) is 19.0 Å². The number of rotatable bonds is 12. The number of aliphatic hydroxyl groups is 1. The van der Waals surface area contributed by atoms with Crippen LogP contribution in [-0.4, -0.2) is 92.4 Å². The number of carbonyl (C=O) groups excluding carboxylic acids is 2. The van der Waals surface area contributed by atoms with Crippen LogP contribution < -0.4 is 18.9 Å². The summed E-state index contributed by atoms with van der Waals surface area (Å²) in [6.45, 7) is 12.1. The highest BCUT2D eigenvalue weighted by molar-refractivity contribution is 6.46. The van der Waals surface area contributed by atoms with Crippen LogP contribution in [-0.2, 0) is 14.3 Å². The molecule has 2 saturated heterocycles. The molecule has 43 heavy (non-hydrogen) atoms. The predicted octanol–water partition coefficient (Wildman–Crippen LogP) is 4.43. The first kappa shape index (κ1) is 30.7. The third-order valence-corrected chi connectivity index (χ3v) is 7.87. The van der Waals surface area contributed by atoms with Crippen molar-refractivity contribution in [1.82, 2.24) is 9.80 Å². The number of carbonyl (C=O) groups is 2. The molecular weight excluding hydrogens is 552 g/mol. The van der Waals surface area contributed by atoms with Gasteiger partial charge in [-0.15, -0.1) is 0 Å². The smallest absolute Gasteiger partial charge is 0.295 e. The molecular formula is C33H42N2O8. The van der Waals surface area contributed by atoms with Gasteiger partial charge in [-0.2, -0.15) is 0 Å². The Balaban J connectivity index is 1.50. The number of hydrogen-bond acceptors (Lipinski definition) is 9. The number of likely N-dealkylation sites (tertiary alicyclic amines) is 1. The van der Waals surface area contributed by atoms with E-state index in [9.17, 15) is 14.7 Å². The van der Waals surface area contributed by atoms with E-state index in [1.165, 1.54) is 0 Å². The highest BCUT2D eigenvalue weighted by Crippen LogP contribution is 2.43. The minimum Gasteiger partial charge on any atom is -0.507 e. The van der Waals surface area contributed by atoms with E-state index in [-0.39, 0.29) is 11.3 Å². The topological polar surface area (TPSA) is 107 Å². The van der Waals surface area contributed by atoms with Crippen molar-refractivity contribution in [2.24, 2.45) is 5.92 Å². The highest BCUT2D eigenvalue weighted by atomic mass is 16.6. The van der Waals surface area contributed by atoms with Crippen molar-refractivity contribution in [2.45, 2.75) is 39.7 Å². The molecule has 2 aromatic rings. The van der Waals surface area contributed by atoms with Crippen LogP contribution in [0.5, 0.6) is 23.0 Å².